The summed E-state index contributed by atoms with van der Waals surface area (Å²) >= 11 is 0. The fourth-order valence-corrected chi connectivity index (χ4v) is 2.69. The van der Waals surface area contributed by atoms with Crippen molar-refractivity contribution >= 4 is 7.82 Å². The summed E-state index contributed by atoms with van der Waals surface area (Å²) in [4.78, 5) is 17.9. The Hall–Kier alpha value is -1.38. The van der Waals surface area contributed by atoms with Crippen LogP contribution in [0.15, 0.2) is 18.2 Å². The normalized spacial score (nSPS) is 21.1. The number of phosphoric acid groups is 1. The van der Waals surface area contributed by atoms with E-state index in [4.69, 9.17) is 24.3 Å². The molecule has 0 amide bonds. The highest BCUT2D eigenvalue weighted by molar-refractivity contribution is 7.46. The summed E-state index contributed by atoms with van der Waals surface area (Å²) in [7, 11) is -4.59. The van der Waals surface area contributed by atoms with Crippen molar-refractivity contribution < 1.29 is 23.6 Å². The molecule has 0 aromatic heterocycles. The largest absolute Gasteiger partial charge is 0.485 e. The van der Waals surface area contributed by atoms with Gasteiger partial charge in [0, 0.05) is 6.42 Å². The summed E-state index contributed by atoms with van der Waals surface area (Å²) in [6, 6.07) is 6.97. The van der Waals surface area contributed by atoms with Gasteiger partial charge in [-0.15, -0.1) is 0 Å². The van der Waals surface area contributed by atoms with Gasteiger partial charge in [0.25, 0.3) is 0 Å². The second kappa shape index (κ2) is 4.62. The summed E-state index contributed by atoms with van der Waals surface area (Å²) < 4.78 is 21.5. The number of hydrogen-bond donors (Lipinski definition) is 2. The van der Waals surface area contributed by atoms with Crippen LogP contribution in [0, 0.1) is 11.3 Å². The third-order valence-electron chi connectivity index (χ3n) is 3.01. The lowest BCUT2D eigenvalue weighted by Gasteiger charge is -2.39. The summed E-state index contributed by atoms with van der Waals surface area (Å²) in [5, 5.41) is 8.85. The van der Waals surface area contributed by atoms with Gasteiger partial charge in [0.15, 0.2) is 0 Å². The molecule has 102 valence electrons. The number of phosphoric ester groups is 1. The molecule has 7 heteroatoms. The van der Waals surface area contributed by atoms with E-state index in [-0.39, 0.29) is 6.42 Å². The van der Waals surface area contributed by atoms with Crippen molar-refractivity contribution in [3.05, 3.63) is 29.3 Å². The molecular formula is C12H14NO5P. The minimum Gasteiger partial charge on any atom is -0.485 e. The molecule has 0 unspecified atom stereocenters. The molecular weight excluding hydrogens is 269 g/mol. The zero-order chi connectivity index (χ0) is 14.3. The maximum Gasteiger partial charge on any atom is 0.470 e. The Labute approximate surface area is 110 Å². The number of benzene rings is 1. The van der Waals surface area contributed by atoms with Crippen molar-refractivity contribution in [1.29, 1.82) is 5.26 Å². The Balaban J connectivity index is 2.35. The first kappa shape index (κ1) is 14.0. The standard InChI is InChI=1S/C12H14NO5P/c1-12(2)11(18-19(14,15)16)6-9-5-8(7-13)3-4-10(9)17-12/h3-5,11H,6H2,1-2H3,(H2,14,15,16)/t11-/m0/s1. The number of hydrogen-bond acceptors (Lipinski definition) is 4. The maximum absolute atomic E-state index is 11.0. The van der Waals surface area contributed by atoms with Crippen LogP contribution in [0.4, 0.5) is 0 Å². The first-order chi connectivity index (χ1) is 8.71. The highest BCUT2D eigenvalue weighted by Crippen LogP contribution is 2.44. The van der Waals surface area contributed by atoms with E-state index in [2.05, 4.69) is 0 Å². The zero-order valence-corrected chi connectivity index (χ0v) is 11.4. The second-order valence-corrected chi connectivity index (χ2v) is 6.12. The van der Waals surface area contributed by atoms with Crippen LogP contribution in [-0.4, -0.2) is 21.5 Å². The fourth-order valence-electron chi connectivity index (χ4n) is 2.03. The molecule has 0 saturated heterocycles. The Morgan fingerprint density at radius 2 is 2.21 bits per heavy atom. The molecule has 1 aliphatic heterocycles. The van der Waals surface area contributed by atoms with E-state index in [1.807, 2.05) is 6.07 Å². The summed E-state index contributed by atoms with van der Waals surface area (Å²) in [6.07, 6.45) is -0.502. The van der Waals surface area contributed by atoms with E-state index in [0.717, 1.165) is 0 Å². The van der Waals surface area contributed by atoms with Crippen LogP contribution in [0.3, 0.4) is 0 Å². The Bertz CT molecular complexity index is 586. The van der Waals surface area contributed by atoms with Gasteiger partial charge in [-0.3, -0.25) is 4.52 Å². The maximum atomic E-state index is 11.0. The quantitative estimate of drug-likeness (QED) is 0.802. The van der Waals surface area contributed by atoms with Gasteiger partial charge in [-0.05, 0) is 37.6 Å². The molecule has 6 nitrogen and oxygen atoms in total. The third-order valence-corrected chi connectivity index (χ3v) is 3.54. The Kier molecular flexibility index (Phi) is 3.41. The van der Waals surface area contributed by atoms with Gasteiger partial charge in [0.2, 0.25) is 0 Å². The second-order valence-electron chi connectivity index (χ2n) is 4.93. The number of nitrogens with zero attached hydrogens (tertiary/aromatic N) is 1. The van der Waals surface area contributed by atoms with Crippen molar-refractivity contribution in [3.8, 4) is 11.8 Å². The van der Waals surface area contributed by atoms with Gasteiger partial charge in [-0.2, -0.15) is 5.26 Å². The molecule has 0 radical (unpaired) electrons. The number of nitriles is 1. The van der Waals surface area contributed by atoms with Crippen LogP contribution in [0.5, 0.6) is 5.75 Å². The van der Waals surface area contributed by atoms with Gasteiger partial charge >= 0.3 is 7.82 Å². The zero-order valence-electron chi connectivity index (χ0n) is 10.5. The van der Waals surface area contributed by atoms with Gasteiger partial charge < -0.3 is 14.5 Å². The van der Waals surface area contributed by atoms with E-state index in [9.17, 15) is 4.57 Å². The van der Waals surface area contributed by atoms with Crippen molar-refractivity contribution in [2.75, 3.05) is 0 Å². The van der Waals surface area contributed by atoms with E-state index >= 15 is 0 Å². The highest BCUT2D eigenvalue weighted by Gasteiger charge is 2.41. The van der Waals surface area contributed by atoms with Gasteiger partial charge in [-0.1, -0.05) is 0 Å². The van der Waals surface area contributed by atoms with E-state index in [1.165, 1.54) is 0 Å². The van der Waals surface area contributed by atoms with Crippen LogP contribution >= 0.6 is 7.82 Å². The van der Waals surface area contributed by atoms with Crippen molar-refractivity contribution in [1.82, 2.24) is 0 Å². The molecule has 0 bridgehead atoms. The summed E-state index contributed by atoms with van der Waals surface area (Å²) in [5.74, 6) is 0.606. The molecule has 1 aliphatic rings. The lowest BCUT2D eigenvalue weighted by Crippen LogP contribution is -2.47. The summed E-state index contributed by atoms with van der Waals surface area (Å²) in [6.45, 7) is 3.41. The van der Waals surface area contributed by atoms with Crippen molar-refractivity contribution in [2.24, 2.45) is 0 Å². The Morgan fingerprint density at radius 1 is 1.53 bits per heavy atom. The molecule has 1 atom stereocenters. The molecule has 1 aromatic rings. The lowest BCUT2D eigenvalue weighted by atomic mass is 9.90. The molecule has 0 saturated carbocycles. The molecule has 2 rings (SSSR count). The molecule has 19 heavy (non-hydrogen) atoms. The molecule has 1 heterocycles. The van der Waals surface area contributed by atoms with Crippen LogP contribution < -0.4 is 4.74 Å². The highest BCUT2D eigenvalue weighted by atomic mass is 31.2. The number of ether oxygens (including phenoxy) is 1. The van der Waals surface area contributed by atoms with Crippen LogP contribution in [0.2, 0.25) is 0 Å². The SMILES string of the molecule is CC1(C)Oc2ccc(C#N)cc2C[C@@H]1OP(=O)(O)O. The number of fused-ring (bicyclic) bond motifs is 1. The predicted molar refractivity (Wildman–Crippen MR) is 66.5 cm³/mol. The average Bonchev–Trinajstić information content (AvgIpc) is 2.27. The average molecular weight is 283 g/mol. The summed E-state index contributed by atoms with van der Waals surface area (Å²) in [5.41, 5.74) is 0.316. The molecule has 2 N–H and O–H groups in total. The predicted octanol–water partition coefficient (Wildman–Crippen LogP) is 1.75. The van der Waals surface area contributed by atoms with Crippen molar-refractivity contribution in [3.63, 3.8) is 0 Å². The Morgan fingerprint density at radius 3 is 2.79 bits per heavy atom. The van der Waals surface area contributed by atoms with Crippen LogP contribution in [0.1, 0.15) is 25.0 Å². The minimum absolute atomic E-state index is 0.281. The number of rotatable bonds is 2. The first-order valence-corrected chi connectivity index (χ1v) is 7.20. The minimum atomic E-state index is -4.59. The van der Waals surface area contributed by atoms with Gasteiger partial charge in [0.1, 0.15) is 17.5 Å². The van der Waals surface area contributed by atoms with E-state index < -0.39 is 19.5 Å². The molecule has 0 spiro atoms. The van der Waals surface area contributed by atoms with E-state index in [0.29, 0.717) is 16.9 Å². The third kappa shape index (κ3) is 3.14. The fraction of sp³-hybridized carbons (Fsp3) is 0.417. The van der Waals surface area contributed by atoms with Crippen LogP contribution in [-0.2, 0) is 15.5 Å². The molecule has 0 fully saturated rings. The van der Waals surface area contributed by atoms with Gasteiger partial charge in [0.05, 0.1) is 11.6 Å². The topological polar surface area (TPSA) is 99.8 Å². The van der Waals surface area contributed by atoms with Crippen LogP contribution in [0.25, 0.3) is 0 Å². The lowest BCUT2D eigenvalue weighted by molar-refractivity contribution is -0.0391. The van der Waals surface area contributed by atoms with E-state index in [1.54, 1.807) is 32.0 Å². The van der Waals surface area contributed by atoms with Gasteiger partial charge in [-0.25, -0.2) is 4.57 Å². The molecule has 0 aliphatic carbocycles. The monoisotopic (exact) mass is 283 g/mol. The first-order valence-electron chi connectivity index (χ1n) is 5.67. The van der Waals surface area contributed by atoms with Crippen molar-refractivity contribution in [2.45, 2.75) is 32.0 Å². The smallest absolute Gasteiger partial charge is 0.470 e. The molecule has 1 aromatic carbocycles.